The second kappa shape index (κ2) is 11.2. The number of amides is 1. The Morgan fingerprint density at radius 1 is 1.26 bits per heavy atom. The van der Waals surface area contributed by atoms with E-state index in [9.17, 15) is 9.59 Å². The molecule has 4 rings (SSSR count). The number of rotatable bonds is 8. The first-order valence-electron chi connectivity index (χ1n) is 13.0. The smallest absolute Gasteiger partial charge is 0.303 e. The van der Waals surface area contributed by atoms with Gasteiger partial charge in [0.05, 0.1) is 6.54 Å². The lowest BCUT2D eigenvalue weighted by Gasteiger charge is -2.33. The summed E-state index contributed by atoms with van der Waals surface area (Å²) in [6, 6.07) is 0. The fourth-order valence-corrected chi connectivity index (χ4v) is 5.55. The molecule has 1 amide bonds. The number of fused-ring (bicyclic) bond motifs is 1. The summed E-state index contributed by atoms with van der Waals surface area (Å²) < 4.78 is 5.86. The maximum atomic E-state index is 13.4. The topological polar surface area (TPSA) is 119 Å². The van der Waals surface area contributed by atoms with E-state index in [1.54, 1.807) is 4.90 Å². The van der Waals surface area contributed by atoms with Gasteiger partial charge in [0.25, 0.3) is 5.91 Å². The first-order chi connectivity index (χ1) is 16.8. The van der Waals surface area contributed by atoms with E-state index in [-0.39, 0.29) is 23.7 Å². The molecule has 1 fully saturated rings. The highest BCUT2D eigenvalue weighted by atomic mass is 16.5. The van der Waals surface area contributed by atoms with Gasteiger partial charge in [0.1, 0.15) is 23.8 Å². The van der Waals surface area contributed by atoms with Gasteiger partial charge in [-0.3, -0.25) is 9.59 Å². The molecule has 1 unspecified atom stereocenters. The van der Waals surface area contributed by atoms with Crippen molar-refractivity contribution in [1.29, 1.82) is 0 Å². The molecule has 1 aromatic heterocycles. The van der Waals surface area contributed by atoms with Crippen LogP contribution >= 0.6 is 0 Å². The molecule has 1 aromatic rings. The zero-order chi connectivity index (χ0) is 24.9. The van der Waals surface area contributed by atoms with Gasteiger partial charge in [-0.1, -0.05) is 32.4 Å². The van der Waals surface area contributed by atoms with Crippen molar-refractivity contribution in [2.45, 2.75) is 71.6 Å². The van der Waals surface area contributed by atoms with E-state index < -0.39 is 5.97 Å². The summed E-state index contributed by atoms with van der Waals surface area (Å²) in [6.07, 6.45) is 14.4. The molecule has 1 saturated carbocycles. The number of nitrogen functional groups attached to an aromatic ring is 1. The molecule has 3 N–H and O–H groups in total. The molecule has 0 aromatic carbocycles. The minimum atomic E-state index is -0.695. The van der Waals surface area contributed by atoms with Crippen molar-refractivity contribution in [2.75, 3.05) is 18.9 Å². The normalized spacial score (nSPS) is 24.5. The number of aliphatic carboxylic acids is 1. The molecule has 2 heterocycles. The third-order valence-corrected chi connectivity index (χ3v) is 7.53. The number of carboxylic acid groups (broad SMARTS) is 1. The number of carbonyl (C=O) groups excluding carboxylic acids is 1. The standard InChI is InChI=1S/C27H38N4O4/c1-17(2)4-3-5-22-29-25(28)24-26(30-22)35-15-14-31(27(24)34)21-12-10-20(11-13-21)19-8-6-18(7-9-19)16-23(32)33/h10,12-13,17-20H,3-9,11,14-16H2,1-2H3,(H,32,33)(H2,28,29,30). The minimum absolute atomic E-state index is 0.183. The number of anilines is 1. The molecule has 0 spiro atoms. The molecule has 3 aliphatic rings. The van der Waals surface area contributed by atoms with Crippen LogP contribution in [-0.2, 0) is 11.2 Å². The van der Waals surface area contributed by atoms with Crippen molar-refractivity contribution in [3.05, 3.63) is 35.3 Å². The van der Waals surface area contributed by atoms with Crippen molar-refractivity contribution >= 4 is 17.7 Å². The third kappa shape index (κ3) is 6.21. The highest BCUT2D eigenvalue weighted by Gasteiger charge is 2.32. The van der Waals surface area contributed by atoms with Gasteiger partial charge in [-0.2, -0.15) is 4.98 Å². The van der Waals surface area contributed by atoms with Gasteiger partial charge < -0.3 is 20.5 Å². The summed E-state index contributed by atoms with van der Waals surface area (Å²) in [5, 5.41) is 9.04. The first-order valence-corrected chi connectivity index (χ1v) is 13.0. The van der Waals surface area contributed by atoms with E-state index in [4.69, 9.17) is 15.6 Å². The molecule has 8 heteroatoms. The largest absolute Gasteiger partial charge is 0.481 e. The molecule has 0 bridgehead atoms. The summed E-state index contributed by atoms with van der Waals surface area (Å²) in [4.78, 5) is 35.1. The van der Waals surface area contributed by atoms with E-state index in [2.05, 4.69) is 36.0 Å². The number of ether oxygens (including phenoxy) is 1. The fraction of sp³-hybridized carbons (Fsp3) is 0.630. The van der Waals surface area contributed by atoms with Crippen molar-refractivity contribution < 1.29 is 19.4 Å². The average molecular weight is 483 g/mol. The average Bonchev–Trinajstić information content (AvgIpc) is 2.98. The number of hydrogen-bond donors (Lipinski definition) is 2. The Morgan fingerprint density at radius 3 is 2.69 bits per heavy atom. The van der Waals surface area contributed by atoms with E-state index >= 15 is 0 Å². The highest BCUT2D eigenvalue weighted by Crippen LogP contribution is 2.39. The number of hydrogen-bond acceptors (Lipinski definition) is 6. The van der Waals surface area contributed by atoms with Crippen LogP contribution in [0.3, 0.4) is 0 Å². The van der Waals surface area contributed by atoms with Crippen molar-refractivity contribution in [3.63, 3.8) is 0 Å². The summed E-state index contributed by atoms with van der Waals surface area (Å²) in [5.74, 6) is 2.10. The van der Waals surface area contributed by atoms with Crippen LogP contribution < -0.4 is 10.5 Å². The third-order valence-electron chi connectivity index (χ3n) is 7.53. The van der Waals surface area contributed by atoms with Gasteiger partial charge >= 0.3 is 5.97 Å². The Hall–Kier alpha value is -2.90. The molecule has 0 radical (unpaired) electrons. The number of nitrogens with two attached hydrogens (primary N) is 1. The van der Waals surface area contributed by atoms with Crippen molar-refractivity contribution in [1.82, 2.24) is 14.9 Å². The number of carbonyl (C=O) groups is 2. The number of nitrogens with zero attached hydrogens (tertiary/aromatic N) is 3. The Kier molecular flexibility index (Phi) is 8.08. The number of aryl methyl sites for hydroxylation is 1. The van der Waals surface area contributed by atoms with E-state index in [0.29, 0.717) is 54.9 Å². The molecule has 0 saturated heterocycles. The molecular weight excluding hydrogens is 444 g/mol. The van der Waals surface area contributed by atoms with Crippen LogP contribution in [0.2, 0.25) is 0 Å². The van der Waals surface area contributed by atoms with Crippen molar-refractivity contribution in [3.8, 4) is 5.88 Å². The second-order valence-electron chi connectivity index (χ2n) is 10.6. The lowest BCUT2D eigenvalue weighted by molar-refractivity contribution is -0.138. The molecule has 1 atom stereocenters. The van der Waals surface area contributed by atoms with Crippen LogP contribution in [0.15, 0.2) is 23.9 Å². The maximum Gasteiger partial charge on any atom is 0.303 e. The van der Waals surface area contributed by atoms with Crippen LogP contribution in [0.25, 0.3) is 0 Å². The minimum Gasteiger partial charge on any atom is -0.481 e. The number of allylic oxidation sites excluding steroid dienone is 3. The summed E-state index contributed by atoms with van der Waals surface area (Å²) >= 11 is 0. The predicted molar refractivity (Wildman–Crippen MR) is 134 cm³/mol. The van der Waals surface area contributed by atoms with Gasteiger partial charge in [-0.15, -0.1) is 0 Å². The first kappa shape index (κ1) is 25.2. The molecule has 190 valence electrons. The van der Waals surface area contributed by atoms with Gasteiger partial charge in [0, 0.05) is 18.5 Å². The van der Waals surface area contributed by atoms with Gasteiger partial charge in [-0.05, 0) is 68.3 Å². The van der Waals surface area contributed by atoms with Gasteiger partial charge in [0.2, 0.25) is 5.88 Å². The molecular formula is C27H38N4O4. The Morgan fingerprint density at radius 2 is 2.03 bits per heavy atom. The molecule has 1 aliphatic heterocycles. The van der Waals surface area contributed by atoms with Crippen LogP contribution in [0.4, 0.5) is 5.82 Å². The van der Waals surface area contributed by atoms with Gasteiger partial charge in [-0.25, -0.2) is 4.98 Å². The Balaban J connectivity index is 1.39. The molecule has 35 heavy (non-hydrogen) atoms. The SMILES string of the molecule is CC(C)CCCc1nc(N)c2c(n1)OCCN(C1=CCC(C3CCC(CC(=O)O)CC3)C=C1)C2=O. The Bertz CT molecular complexity index is 995. The van der Waals surface area contributed by atoms with Crippen LogP contribution in [0.5, 0.6) is 5.88 Å². The monoisotopic (exact) mass is 482 g/mol. The summed E-state index contributed by atoms with van der Waals surface area (Å²) in [5.41, 5.74) is 7.35. The summed E-state index contributed by atoms with van der Waals surface area (Å²) in [6.45, 7) is 5.15. The van der Waals surface area contributed by atoms with Gasteiger partial charge in [0.15, 0.2) is 0 Å². The van der Waals surface area contributed by atoms with Crippen LogP contribution in [0.1, 0.15) is 81.4 Å². The molecule has 2 aliphatic carbocycles. The predicted octanol–water partition coefficient (Wildman–Crippen LogP) is 4.61. The number of carboxylic acids is 1. The van der Waals surface area contributed by atoms with Crippen LogP contribution in [-0.4, -0.2) is 45.0 Å². The maximum absolute atomic E-state index is 13.4. The lowest BCUT2D eigenvalue weighted by atomic mass is 9.73. The Labute approximate surface area is 207 Å². The highest BCUT2D eigenvalue weighted by molar-refractivity contribution is 6.01. The number of aromatic nitrogens is 2. The zero-order valence-corrected chi connectivity index (χ0v) is 20.9. The lowest BCUT2D eigenvalue weighted by Crippen LogP contribution is -2.33. The van der Waals surface area contributed by atoms with E-state index in [0.717, 1.165) is 50.6 Å². The summed E-state index contributed by atoms with van der Waals surface area (Å²) in [7, 11) is 0. The second-order valence-corrected chi connectivity index (χ2v) is 10.6. The fourth-order valence-electron chi connectivity index (χ4n) is 5.55. The molecule has 8 nitrogen and oxygen atoms in total. The van der Waals surface area contributed by atoms with Crippen LogP contribution in [0, 0.1) is 23.7 Å². The van der Waals surface area contributed by atoms with E-state index in [1.165, 1.54) is 0 Å². The quantitative estimate of drug-likeness (QED) is 0.555. The zero-order valence-electron chi connectivity index (χ0n) is 20.9. The van der Waals surface area contributed by atoms with Crippen molar-refractivity contribution in [2.24, 2.45) is 23.7 Å². The van der Waals surface area contributed by atoms with E-state index in [1.807, 2.05) is 6.08 Å².